The first-order valence-electron chi connectivity index (χ1n) is 11.8. The average Bonchev–Trinajstić information content (AvgIpc) is 3.52. The van der Waals surface area contributed by atoms with Crippen molar-refractivity contribution < 1.29 is 9.59 Å². The van der Waals surface area contributed by atoms with Crippen LogP contribution >= 0.6 is 23.2 Å². The smallest absolute Gasteiger partial charge is 0.251 e. The van der Waals surface area contributed by atoms with Gasteiger partial charge in [-0.2, -0.15) is 0 Å². The lowest BCUT2D eigenvalue weighted by atomic mass is 10.0. The van der Waals surface area contributed by atoms with E-state index >= 15 is 0 Å². The number of nitrogens with one attached hydrogen (secondary N) is 1. The fourth-order valence-electron chi connectivity index (χ4n) is 5.24. The Hall–Kier alpha value is -2.54. The van der Waals surface area contributed by atoms with Gasteiger partial charge in [-0.15, -0.1) is 0 Å². The summed E-state index contributed by atoms with van der Waals surface area (Å²) in [7, 11) is 0. The number of amides is 2. The van der Waals surface area contributed by atoms with E-state index in [4.69, 9.17) is 23.2 Å². The fourth-order valence-corrected chi connectivity index (χ4v) is 5.54. The molecule has 0 spiro atoms. The van der Waals surface area contributed by atoms with Gasteiger partial charge in [0, 0.05) is 49.0 Å². The molecule has 178 valence electrons. The Labute approximate surface area is 209 Å². The quantitative estimate of drug-likeness (QED) is 0.558. The van der Waals surface area contributed by atoms with Crippen LogP contribution in [0.25, 0.3) is 10.9 Å². The molecule has 2 saturated heterocycles. The van der Waals surface area contributed by atoms with Gasteiger partial charge in [-0.05, 0) is 61.5 Å². The number of piperidine rings is 1. The zero-order valence-electron chi connectivity index (χ0n) is 18.9. The van der Waals surface area contributed by atoms with Gasteiger partial charge in [-0.25, -0.2) is 0 Å². The number of carbonyl (C=O) groups is 2. The van der Waals surface area contributed by atoms with E-state index in [-0.39, 0.29) is 18.4 Å². The van der Waals surface area contributed by atoms with Crippen molar-refractivity contribution >= 4 is 45.9 Å². The fraction of sp³-hybridized carbons (Fsp3) is 0.385. The summed E-state index contributed by atoms with van der Waals surface area (Å²) in [4.78, 5) is 29.6. The van der Waals surface area contributed by atoms with Gasteiger partial charge in [-0.3, -0.25) is 14.5 Å². The van der Waals surface area contributed by atoms with Crippen LogP contribution < -0.4 is 5.32 Å². The van der Waals surface area contributed by atoms with E-state index in [1.54, 1.807) is 12.1 Å². The predicted molar refractivity (Wildman–Crippen MR) is 136 cm³/mol. The number of halogens is 2. The molecule has 1 N–H and O–H groups in total. The van der Waals surface area contributed by atoms with Crippen LogP contribution in [0.5, 0.6) is 0 Å². The van der Waals surface area contributed by atoms with Gasteiger partial charge < -0.3 is 14.8 Å². The lowest BCUT2D eigenvalue weighted by Crippen LogP contribution is -2.46. The van der Waals surface area contributed by atoms with Crippen LogP contribution in [0, 0.1) is 0 Å². The molecule has 34 heavy (non-hydrogen) atoms. The maximum Gasteiger partial charge on any atom is 0.251 e. The molecule has 2 aromatic carbocycles. The number of para-hydroxylation sites is 1. The van der Waals surface area contributed by atoms with Crippen LogP contribution in [0.15, 0.2) is 54.7 Å². The number of hydrogen-bond donors (Lipinski definition) is 1. The predicted octanol–water partition coefficient (Wildman–Crippen LogP) is 4.62. The number of likely N-dealkylation sites (tertiary alicyclic amines) is 2. The first-order valence-corrected chi connectivity index (χ1v) is 12.6. The van der Waals surface area contributed by atoms with Crippen LogP contribution in [0.2, 0.25) is 10.0 Å². The van der Waals surface area contributed by atoms with Crippen molar-refractivity contribution in [3.05, 3.63) is 70.3 Å². The van der Waals surface area contributed by atoms with Crippen molar-refractivity contribution in [1.29, 1.82) is 0 Å². The van der Waals surface area contributed by atoms with E-state index in [0.29, 0.717) is 34.2 Å². The van der Waals surface area contributed by atoms with Crippen molar-refractivity contribution in [3.63, 3.8) is 0 Å². The maximum absolute atomic E-state index is 12.8. The van der Waals surface area contributed by atoms with E-state index in [1.807, 2.05) is 4.90 Å². The molecule has 0 aliphatic carbocycles. The Morgan fingerprint density at radius 1 is 0.941 bits per heavy atom. The second kappa shape index (κ2) is 9.98. The van der Waals surface area contributed by atoms with Gasteiger partial charge in [0.25, 0.3) is 5.91 Å². The van der Waals surface area contributed by atoms with Gasteiger partial charge >= 0.3 is 0 Å². The third-order valence-electron chi connectivity index (χ3n) is 7.07. The summed E-state index contributed by atoms with van der Waals surface area (Å²) < 4.78 is 2.41. The summed E-state index contributed by atoms with van der Waals surface area (Å²) in [6, 6.07) is 16.2. The third-order valence-corrected chi connectivity index (χ3v) is 7.80. The Kier molecular flexibility index (Phi) is 6.82. The Morgan fingerprint density at radius 3 is 2.65 bits per heavy atom. The zero-order chi connectivity index (χ0) is 23.7. The largest absolute Gasteiger partial charge is 0.343 e. The van der Waals surface area contributed by atoms with Crippen molar-refractivity contribution in [1.82, 2.24) is 19.7 Å². The highest BCUT2D eigenvalue weighted by Gasteiger charge is 2.33. The van der Waals surface area contributed by atoms with Crippen molar-refractivity contribution in [2.24, 2.45) is 0 Å². The molecule has 6 nitrogen and oxygen atoms in total. The highest BCUT2D eigenvalue weighted by molar-refractivity contribution is 6.42. The molecular weight excluding hydrogens is 471 g/mol. The molecule has 1 aromatic heterocycles. The molecule has 2 amide bonds. The molecule has 3 heterocycles. The molecule has 2 fully saturated rings. The molecule has 2 unspecified atom stereocenters. The van der Waals surface area contributed by atoms with Crippen molar-refractivity contribution in [2.75, 3.05) is 32.7 Å². The van der Waals surface area contributed by atoms with E-state index in [2.05, 4.69) is 51.3 Å². The monoisotopic (exact) mass is 498 g/mol. The number of aromatic nitrogens is 1. The third kappa shape index (κ3) is 4.81. The molecule has 5 rings (SSSR count). The number of hydrogen-bond acceptors (Lipinski definition) is 3. The average molecular weight is 499 g/mol. The highest BCUT2D eigenvalue weighted by Crippen LogP contribution is 2.29. The highest BCUT2D eigenvalue weighted by atomic mass is 35.5. The van der Waals surface area contributed by atoms with E-state index < -0.39 is 0 Å². The minimum absolute atomic E-state index is 0.0240. The van der Waals surface area contributed by atoms with Crippen LogP contribution in [-0.2, 0) is 4.79 Å². The lowest BCUT2D eigenvalue weighted by Gasteiger charge is -2.37. The van der Waals surface area contributed by atoms with Crippen molar-refractivity contribution in [3.8, 4) is 0 Å². The summed E-state index contributed by atoms with van der Waals surface area (Å²) >= 11 is 11.9. The molecule has 2 aliphatic rings. The maximum atomic E-state index is 12.8. The number of nitrogens with zero attached hydrogens (tertiary/aromatic N) is 3. The topological polar surface area (TPSA) is 57.6 Å². The molecule has 2 aliphatic heterocycles. The second-order valence-corrected chi connectivity index (χ2v) is 9.98. The summed E-state index contributed by atoms with van der Waals surface area (Å²) in [6.07, 6.45) is 5.50. The number of benzene rings is 2. The summed E-state index contributed by atoms with van der Waals surface area (Å²) in [5.41, 5.74) is 1.67. The van der Waals surface area contributed by atoms with E-state index in [0.717, 1.165) is 32.5 Å². The van der Waals surface area contributed by atoms with Crippen LogP contribution in [-0.4, -0.2) is 64.9 Å². The number of carbonyl (C=O) groups excluding carboxylic acids is 2. The standard InChI is InChI=1S/C26H28Cl2N4O2/c27-22-8-7-19(14-23(22)28)26(34)29-15-25(33)31-12-10-20(16-31)30-11-3-5-21(17-30)32-13-9-18-4-1-2-6-24(18)32/h1-2,4,6-9,13-14,20-21H,3,5,10-12,15-17H2,(H,29,34). The molecule has 3 aromatic rings. The Morgan fingerprint density at radius 2 is 1.79 bits per heavy atom. The molecule has 2 atom stereocenters. The van der Waals surface area contributed by atoms with Gasteiger partial charge in [0.2, 0.25) is 5.91 Å². The van der Waals surface area contributed by atoms with Gasteiger partial charge in [0.1, 0.15) is 0 Å². The van der Waals surface area contributed by atoms with E-state index in [1.165, 1.54) is 23.4 Å². The first kappa shape index (κ1) is 23.2. The Bertz CT molecular complexity index is 1210. The van der Waals surface area contributed by atoms with Gasteiger partial charge in [0.05, 0.1) is 16.6 Å². The lowest BCUT2D eigenvalue weighted by molar-refractivity contribution is -0.129. The van der Waals surface area contributed by atoms with E-state index in [9.17, 15) is 9.59 Å². The zero-order valence-corrected chi connectivity index (χ0v) is 20.4. The molecule has 0 saturated carbocycles. The summed E-state index contributed by atoms with van der Waals surface area (Å²) in [5, 5.41) is 4.69. The Balaban J connectivity index is 1.15. The summed E-state index contributed by atoms with van der Waals surface area (Å²) in [6.45, 7) is 3.47. The van der Waals surface area contributed by atoms with Crippen LogP contribution in [0.1, 0.15) is 35.7 Å². The molecular formula is C26H28Cl2N4O2. The molecule has 0 bridgehead atoms. The van der Waals surface area contributed by atoms with Crippen molar-refractivity contribution in [2.45, 2.75) is 31.3 Å². The first-order chi connectivity index (χ1) is 16.5. The summed E-state index contributed by atoms with van der Waals surface area (Å²) in [5.74, 6) is -0.388. The number of fused-ring (bicyclic) bond motifs is 1. The van der Waals surface area contributed by atoms with Gasteiger partial charge in [-0.1, -0.05) is 41.4 Å². The molecule has 8 heteroatoms. The number of rotatable bonds is 5. The SMILES string of the molecule is O=C(NCC(=O)N1CCC(N2CCCC(n3ccc4ccccc43)C2)C1)c1ccc(Cl)c(Cl)c1. The molecule has 0 radical (unpaired) electrons. The van der Waals surface area contributed by atoms with Crippen LogP contribution in [0.4, 0.5) is 0 Å². The minimum Gasteiger partial charge on any atom is -0.343 e. The van der Waals surface area contributed by atoms with Gasteiger partial charge in [0.15, 0.2) is 0 Å². The van der Waals surface area contributed by atoms with Crippen LogP contribution in [0.3, 0.4) is 0 Å². The normalized spacial score (nSPS) is 21.2. The second-order valence-electron chi connectivity index (χ2n) is 9.17. The minimum atomic E-state index is -0.333.